The molecule has 0 amide bonds. The molecule has 0 spiro atoms. The van der Waals surface area contributed by atoms with Gasteiger partial charge in [0, 0.05) is 5.56 Å². The van der Waals surface area contributed by atoms with Crippen molar-refractivity contribution in [3.05, 3.63) is 48.0 Å². The molecule has 0 saturated heterocycles. The van der Waals surface area contributed by atoms with E-state index in [4.69, 9.17) is 0 Å². The molecule has 1 aliphatic carbocycles. The van der Waals surface area contributed by atoms with Crippen molar-refractivity contribution in [2.24, 2.45) is 5.92 Å². The van der Waals surface area contributed by atoms with Crippen molar-refractivity contribution in [1.82, 2.24) is 0 Å². The van der Waals surface area contributed by atoms with Crippen molar-refractivity contribution < 1.29 is 4.79 Å². The Labute approximate surface area is 110 Å². The molecule has 1 fully saturated rings. The average Bonchev–Trinajstić information content (AvgIpc) is 2.38. The number of carbonyl (C=O) groups excluding carboxylic acids is 1. The lowest BCUT2D eigenvalue weighted by Crippen LogP contribution is -2.02. The van der Waals surface area contributed by atoms with Gasteiger partial charge in [0.25, 0.3) is 0 Å². The van der Waals surface area contributed by atoms with E-state index >= 15 is 0 Å². The van der Waals surface area contributed by atoms with Crippen molar-refractivity contribution in [3.8, 4) is 0 Å². The summed E-state index contributed by atoms with van der Waals surface area (Å²) in [5.41, 5.74) is 0.791. The average molecular weight is 242 g/mol. The van der Waals surface area contributed by atoms with Crippen LogP contribution in [0.3, 0.4) is 0 Å². The molecule has 0 bridgehead atoms. The van der Waals surface area contributed by atoms with E-state index in [1.807, 2.05) is 30.3 Å². The lowest BCUT2D eigenvalue weighted by molar-refractivity contribution is 0.104. The Kier molecular flexibility index (Phi) is 5.19. The number of ketones is 1. The number of rotatable bonds is 3. The molecule has 1 heteroatoms. The fraction of sp³-hybridized carbons (Fsp3) is 0.471. The van der Waals surface area contributed by atoms with Crippen LogP contribution in [0, 0.1) is 5.92 Å². The van der Waals surface area contributed by atoms with Crippen LogP contribution in [0.2, 0.25) is 0 Å². The smallest absolute Gasteiger partial charge is 0.185 e. The Hall–Kier alpha value is -1.37. The molecule has 0 unspecified atom stereocenters. The summed E-state index contributed by atoms with van der Waals surface area (Å²) in [5.74, 6) is 0.746. The van der Waals surface area contributed by atoms with E-state index in [0.717, 1.165) is 5.56 Å². The summed E-state index contributed by atoms with van der Waals surface area (Å²) in [5, 5.41) is 0. The molecule has 0 aliphatic heterocycles. The van der Waals surface area contributed by atoms with Crippen molar-refractivity contribution in [2.75, 3.05) is 0 Å². The number of allylic oxidation sites excluding steroid dienone is 2. The molecular formula is C17H22O. The molecular weight excluding hydrogens is 220 g/mol. The summed E-state index contributed by atoms with van der Waals surface area (Å²) >= 11 is 0. The standard InChI is InChI=1S/C17H22O/c18-17(16-11-7-4-8-12-16)14-13-15-9-5-2-1-3-6-10-15/h4,7-8,11-15H,1-3,5-6,9-10H2/b14-13+. The van der Waals surface area contributed by atoms with Gasteiger partial charge in [-0.1, -0.05) is 68.5 Å². The molecule has 1 aromatic carbocycles. The summed E-state index contributed by atoms with van der Waals surface area (Å²) < 4.78 is 0. The molecule has 1 nitrogen and oxygen atoms in total. The van der Waals surface area contributed by atoms with E-state index in [1.54, 1.807) is 6.08 Å². The molecule has 0 atom stereocenters. The maximum Gasteiger partial charge on any atom is 0.185 e. The highest BCUT2D eigenvalue weighted by Crippen LogP contribution is 2.23. The van der Waals surface area contributed by atoms with Gasteiger partial charge in [0.2, 0.25) is 0 Å². The minimum Gasteiger partial charge on any atom is -0.289 e. The monoisotopic (exact) mass is 242 g/mol. The molecule has 1 saturated carbocycles. The van der Waals surface area contributed by atoms with Crippen LogP contribution in [-0.2, 0) is 0 Å². The minimum atomic E-state index is 0.137. The fourth-order valence-electron chi connectivity index (χ4n) is 2.60. The Bertz CT molecular complexity index is 383. The van der Waals surface area contributed by atoms with Crippen molar-refractivity contribution >= 4 is 5.78 Å². The second-order valence-electron chi connectivity index (χ2n) is 5.19. The first-order chi connectivity index (χ1) is 8.86. The summed E-state index contributed by atoms with van der Waals surface area (Å²) in [6.07, 6.45) is 13.1. The third-order valence-electron chi connectivity index (χ3n) is 3.73. The number of hydrogen-bond acceptors (Lipinski definition) is 1. The first-order valence-electron chi connectivity index (χ1n) is 7.14. The van der Waals surface area contributed by atoms with Gasteiger partial charge in [-0.3, -0.25) is 4.79 Å². The molecule has 0 aromatic heterocycles. The highest BCUT2D eigenvalue weighted by Gasteiger charge is 2.09. The lowest BCUT2D eigenvalue weighted by Gasteiger charge is -2.15. The Balaban J connectivity index is 1.91. The molecule has 0 heterocycles. The van der Waals surface area contributed by atoms with Crippen molar-refractivity contribution in [1.29, 1.82) is 0 Å². The number of hydrogen-bond donors (Lipinski definition) is 0. The zero-order valence-electron chi connectivity index (χ0n) is 11.0. The first-order valence-corrected chi connectivity index (χ1v) is 7.14. The van der Waals surface area contributed by atoms with E-state index in [-0.39, 0.29) is 5.78 Å². The first kappa shape index (κ1) is 13.1. The van der Waals surface area contributed by atoms with Gasteiger partial charge in [0.05, 0.1) is 0 Å². The number of benzene rings is 1. The number of carbonyl (C=O) groups is 1. The van der Waals surface area contributed by atoms with Crippen LogP contribution in [0.5, 0.6) is 0 Å². The van der Waals surface area contributed by atoms with Crippen LogP contribution in [0.1, 0.15) is 55.3 Å². The van der Waals surface area contributed by atoms with E-state index in [0.29, 0.717) is 5.92 Å². The highest BCUT2D eigenvalue weighted by atomic mass is 16.1. The van der Waals surface area contributed by atoms with Crippen LogP contribution in [0.25, 0.3) is 0 Å². The Morgan fingerprint density at radius 3 is 2.22 bits per heavy atom. The van der Waals surface area contributed by atoms with Crippen LogP contribution >= 0.6 is 0 Å². The van der Waals surface area contributed by atoms with Crippen LogP contribution in [0.15, 0.2) is 42.5 Å². The van der Waals surface area contributed by atoms with Gasteiger partial charge in [-0.25, -0.2) is 0 Å². The van der Waals surface area contributed by atoms with E-state index in [1.165, 1.54) is 44.9 Å². The second kappa shape index (κ2) is 7.15. The molecule has 18 heavy (non-hydrogen) atoms. The van der Waals surface area contributed by atoms with Gasteiger partial charge in [-0.15, -0.1) is 0 Å². The third kappa shape index (κ3) is 4.14. The van der Waals surface area contributed by atoms with Crippen molar-refractivity contribution in [3.63, 3.8) is 0 Å². The van der Waals surface area contributed by atoms with Gasteiger partial charge >= 0.3 is 0 Å². The van der Waals surface area contributed by atoms with Gasteiger partial charge in [0.1, 0.15) is 0 Å². The zero-order valence-corrected chi connectivity index (χ0v) is 11.0. The quantitative estimate of drug-likeness (QED) is 0.550. The second-order valence-corrected chi connectivity index (χ2v) is 5.19. The topological polar surface area (TPSA) is 17.1 Å². The molecule has 0 radical (unpaired) electrons. The summed E-state index contributed by atoms with van der Waals surface area (Å²) in [6, 6.07) is 9.53. The van der Waals surface area contributed by atoms with Crippen LogP contribution in [0.4, 0.5) is 0 Å². The largest absolute Gasteiger partial charge is 0.289 e. The Morgan fingerprint density at radius 1 is 0.944 bits per heavy atom. The van der Waals surface area contributed by atoms with Gasteiger partial charge < -0.3 is 0 Å². The lowest BCUT2D eigenvalue weighted by atomic mass is 9.90. The zero-order chi connectivity index (χ0) is 12.6. The van der Waals surface area contributed by atoms with Gasteiger partial charge in [-0.05, 0) is 24.8 Å². The summed E-state index contributed by atoms with van der Waals surface area (Å²) in [6.45, 7) is 0. The predicted octanol–water partition coefficient (Wildman–Crippen LogP) is 4.79. The molecule has 2 rings (SSSR count). The summed E-state index contributed by atoms with van der Waals surface area (Å²) in [4.78, 5) is 12.0. The van der Waals surface area contributed by atoms with Crippen LogP contribution < -0.4 is 0 Å². The molecule has 0 N–H and O–H groups in total. The predicted molar refractivity (Wildman–Crippen MR) is 75.7 cm³/mol. The van der Waals surface area contributed by atoms with Gasteiger partial charge in [0.15, 0.2) is 5.78 Å². The molecule has 1 aliphatic rings. The van der Waals surface area contributed by atoms with E-state index < -0.39 is 0 Å². The normalized spacial score (nSPS) is 18.4. The highest BCUT2D eigenvalue weighted by molar-refractivity contribution is 6.04. The SMILES string of the molecule is O=C(/C=C/C1CCCCCCC1)c1ccccc1. The Morgan fingerprint density at radius 2 is 1.56 bits per heavy atom. The fourth-order valence-corrected chi connectivity index (χ4v) is 2.60. The van der Waals surface area contributed by atoms with Crippen molar-refractivity contribution in [2.45, 2.75) is 44.9 Å². The third-order valence-corrected chi connectivity index (χ3v) is 3.73. The van der Waals surface area contributed by atoms with E-state index in [2.05, 4.69) is 6.08 Å². The maximum atomic E-state index is 12.0. The summed E-state index contributed by atoms with van der Waals surface area (Å²) in [7, 11) is 0. The van der Waals surface area contributed by atoms with Crippen LogP contribution in [-0.4, -0.2) is 5.78 Å². The minimum absolute atomic E-state index is 0.137. The van der Waals surface area contributed by atoms with Gasteiger partial charge in [-0.2, -0.15) is 0 Å². The maximum absolute atomic E-state index is 12.0. The van der Waals surface area contributed by atoms with E-state index in [9.17, 15) is 4.79 Å². The molecule has 1 aromatic rings. The molecule has 96 valence electrons.